The highest BCUT2D eigenvalue weighted by Gasteiger charge is 2.99. The van der Waals surface area contributed by atoms with Gasteiger partial charge in [-0.3, -0.25) is 4.74 Å². The van der Waals surface area contributed by atoms with E-state index < -0.39 is 53.9 Å². The van der Waals surface area contributed by atoms with Crippen LogP contribution in [0.3, 0.4) is 0 Å². The van der Waals surface area contributed by atoms with E-state index in [1.54, 1.807) is 0 Å². The molecule has 0 radical (unpaired) electrons. The smallest absolute Gasteiger partial charge is 0.397 e. The Hall–Kier alpha value is -2.43. The Morgan fingerprint density at radius 1 is 0.708 bits per heavy atom. The molecule has 4 fully saturated rings. The van der Waals surface area contributed by atoms with Gasteiger partial charge in [0, 0.05) is 0 Å². The summed E-state index contributed by atoms with van der Waals surface area (Å²) in [5, 5.41) is 51.2. The van der Waals surface area contributed by atoms with E-state index in [4.69, 9.17) is 0 Å². The lowest BCUT2D eigenvalue weighted by Gasteiger charge is -2.52. The normalized spacial score (nSPS) is 54.9. The maximum Gasteiger partial charge on any atom is 0.515 e. The standard InChI is InChI=1S/C9H6O15/c10-1-5(19-2(11)18-1)6(14)7(15,21-3(12)20-6)8(16)9(17,24-5)23-4(13)22-8/h1,10,14-17H/t1?,5-,6+,7-,8+,9+/m0/s1. The summed E-state index contributed by atoms with van der Waals surface area (Å²) >= 11 is 0. The molecule has 0 aromatic carbocycles. The van der Waals surface area contributed by atoms with Crippen molar-refractivity contribution < 1.29 is 73.1 Å². The summed E-state index contributed by atoms with van der Waals surface area (Å²) in [6.45, 7) is 0. The first-order valence-electron chi connectivity index (χ1n) is 5.94. The number of aliphatic hydroxyl groups is 5. The highest BCUT2D eigenvalue weighted by atomic mass is 17.0. The predicted octanol–water partition coefficient (Wildman–Crippen LogP) is -3.76. The van der Waals surface area contributed by atoms with Gasteiger partial charge < -0.3 is 54.0 Å². The fourth-order valence-corrected chi connectivity index (χ4v) is 2.72. The average molecular weight is 354 g/mol. The van der Waals surface area contributed by atoms with Crippen molar-refractivity contribution in [1.29, 1.82) is 0 Å². The molecule has 4 aliphatic rings. The van der Waals surface area contributed by atoms with Crippen LogP contribution in [0, 0.1) is 0 Å². The number of rotatable bonds is 0. The Bertz CT molecular complexity index is 670. The highest BCUT2D eigenvalue weighted by molar-refractivity contribution is 5.69. The van der Waals surface area contributed by atoms with Crippen molar-refractivity contribution in [1.82, 2.24) is 0 Å². The van der Waals surface area contributed by atoms with Crippen molar-refractivity contribution in [2.45, 2.75) is 35.4 Å². The molecule has 5 N–H and O–H groups in total. The number of aliphatic hydroxyl groups excluding tert-OH is 1. The van der Waals surface area contributed by atoms with Crippen LogP contribution in [0.25, 0.3) is 0 Å². The summed E-state index contributed by atoms with van der Waals surface area (Å²) in [6, 6.07) is 0. The lowest BCUT2D eigenvalue weighted by Crippen LogP contribution is -2.87. The molecule has 24 heavy (non-hydrogen) atoms. The van der Waals surface area contributed by atoms with E-state index in [1.807, 2.05) is 0 Å². The number of carbonyl (C=O) groups excluding carboxylic acids is 3. The van der Waals surface area contributed by atoms with Gasteiger partial charge in [0.2, 0.25) is 0 Å². The molecule has 4 aliphatic heterocycles. The summed E-state index contributed by atoms with van der Waals surface area (Å²) in [7, 11) is 0. The minimum absolute atomic E-state index is 1.72. The zero-order valence-corrected chi connectivity index (χ0v) is 10.9. The monoisotopic (exact) mass is 354 g/mol. The lowest BCUT2D eigenvalue weighted by molar-refractivity contribution is -0.601. The first kappa shape index (κ1) is 15.1. The Balaban J connectivity index is 1.99. The van der Waals surface area contributed by atoms with Crippen LogP contribution in [-0.4, -0.2) is 79.4 Å². The van der Waals surface area contributed by atoms with Crippen LogP contribution < -0.4 is 0 Å². The second-order valence-electron chi connectivity index (χ2n) is 5.01. The summed E-state index contributed by atoms with van der Waals surface area (Å²) in [4.78, 5) is 33.9. The van der Waals surface area contributed by atoms with Crippen molar-refractivity contribution in [3.05, 3.63) is 0 Å². The number of cyclic esters (lactones) is 1. The third-order valence-corrected chi connectivity index (χ3v) is 3.79. The molecule has 4 rings (SSSR count). The Labute approximate surface area is 128 Å². The Kier molecular flexibility index (Phi) is 2.29. The molecule has 4 heterocycles. The molecule has 132 valence electrons. The van der Waals surface area contributed by atoms with Gasteiger partial charge in [0.05, 0.1) is 0 Å². The van der Waals surface area contributed by atoms with Crippen LogP contribution in [0.1, 0.15) is 0 Å². The van der Waals surface area contributed by atoms with E-state index >= 15 is 0 Å². The molecule has 6 atom stereocenters. The first-order valence-corrected chi connectivity index (χ1v) is 5.94. The molecular formula is C9H6O15. The van der Waals surface area contributed by atoms with Crippen LogP contribution in [-0.2, 0) is 33.2 Å². The van der Waals surface area contributed by atoms with E-state index in [0.29, 0.717) is 0 Å². The van der Waals surface area contributed by atoms with E-state index in [2.05, 4.69) is 33.2 Å². The van der Waals surface area contributed by atoms with Gasteiger partial charge in [0.15, 0.2) is 0 Å². The number of ether oxygens (including phenoxy) is 7. The van der Waals surface area contributed by atoms with Gasteiger partial charge in [-0.1, -0.05) is 0 Å². The van der Waals surface area contributed by atoms with Crippen molar-refractivity contribution in [3.63, 3.8) is 0 Å². The third kappa shape index (κ3) is 1.21. The molecule has 0 aromatic heterocycles. The Morgan fingerprint density at radius 2 is 1.25 bits per heavy atom. The molecule has 4 saturated heterocycles. The minimum atomic E-state index is -3.90. The first-order chi connectivity index (χ1) is 10.9. The van der Waals surface area contributed by atoms with Gasteiger partial charge in [0.25, 0.3) is 6.29 Å². The maximum absolute atomic E-state index is 11.4. The Morgan fingerprint density at radius 3 is 1.83 bits per heavy atom. The topological polar surface area (TPSA) is 217 Å². The van der Waals surface area contributed by atoms with Crippen LogP contribution >= 0.6 is 0 Å². The minimum Gasteiger partial charge on any atom is -0.397 e. The van der Waals surface area contributed by atoms with Crippen molar-refractivity contribution >= 4 is 18.5 Å². The van der Waals surface area contributed by atoms with Crippen molar-refractivity contribution in [2.75, 3.05) is 0 Å². The average Bonchev–Trinajstić information content (AvgIpc) is 2.93. The van der Waals surface area contributed by atoms with Crippen LogP contribution in [0.5, 0.6) is 0 Å². The van der Waals surface area contributed by atoms with Crippen molar-refractivity contribution in [2.24, 2.45) is 0 Å². The maximum atomic E-state index is 11.4. The number of hydrogen-bond donors (Lipinski definition) is 5. The van der Waals surface area contributed by atoms with Crippen molar-refractivity contribution in [3.8, 4) is 0 Å². The fourth-order valence-electron chi connectivity index (χ4n) is 2.72. The van der Waals surface area contributed by atoms with Crippen LogP contribution in [0.2, 0.25) is 0 Å². The third-order valence-electron chi connectivity index (χ3n) is 3.79. The van der Waals surface area contributed by atoms with Crippen LogP contribution in [0.4, 0.5) is 14.4 Å². The summed E-state index contributed by atoms with van der Waals surface area (Å²) in [6.07, 6.45) is -8.15. The van der Waals surface area contributed by atoms with Gasteiger partial charge in [0.1, 0.15) is 0 Å². The van der Waals surface area contributed by atoms with E-state index in [-0.39, 0.29) is 0 Å². The molecular weight excluding hydrogens is 348 g/mol. The molecule has 1 spiro atoms. The molecule has 15 nitrogen and oxygen atoms in total. The van der Waals surface area contributed by atoms with Crippen LogP contribution in [0.15, 0.2) is 0 Å². The SMILES string of the molecule is O=C1OC(O)[C@]2(O1)O[C@]1(O)OC(=O)O[C@]1(O)[C@@]1(O)OC(=O)O[C@]21O. The van der Waals surface area contributed by atoms with Gasteiger partial charge >= 0.3 is 47.6 Å². The number of carbonyl (C=O) groups is 3. The quantitative estimate of drug-likeness (QED) is 0.208. The molecule has 0 aliphatic carbocycles. The fraction of sp³-hybridized carbons (Fsp3) is 0.667. The summed E-state index contributed by atoms with van der Waals surface area (Å²) in [5.41, 5.74) is 0. The molecule has 0 amide bonds. The highest BCUT2D eigenvalue weighted by Crippen LogP contribution is 2.61. The van der Waals surface area contributed by atoms with Gasteiger partial charge in [-0.25, -0.2) is 14.4 Å². The second-order valence-corrected chi connectivity index (χ2v) is 5.01. The van der Waals surface area contributed by atoms with E-state index in [1.165, 1.54) is 0 Å². The molecule has 1 unspecified atom stereocenters. The van der Waals surface area contributed by atoms with Gasteiger partial charge in [-0.15, -0.1) is 0 Å². The lowest BCUT2D eigenvalue weighted by atomic mass is 9.84. The van der Waals surface area contributed by atoms with E-state index in [0.717, 1.165) is 0 Å². The zero-order chi connectivity index (χ0) is 17.8. The molecule has 0 aromatic rings. The van der Waals surface area contributed by atoms with Gasteiger partial charge in [-0.05, 0) is 0 Å². The summed E-state index contributed by atoms with van der Waals surface area (Å²) < 4.78 is 29.8. The molecule has 0 bridgehead atoms. The number of fused-ring (bicyclic) bond motifs is 4. The predicted molar refractivity (Wildman–Crippen MR) is 52.3 cm³/mol. The van der Waals surface area contributed by atoms with Gasteiger partial charge in [-0.2, -0.15) is 0 Å². The summed E-state index contributed by atoms with van der Waals surface area (Å²) in [5.74, 6) is -18.7. The number of hydrogen-bond acceptors (Lipinski definition) is 15. The largest absolute Gasteiger partial charge is 0.515 e. The zero-order valence-electron chi connectivity index (χ0n) is 10.9. The molecule has 0 saturated carbocycles. The van der Waals surface area contributed by atoms with E-state index in [9.17, 15) is 39.9 Å². The second kappa shape index (κ2) is 3.63. The molecule has 15 heteroatoms.